The summed E-state index contributed by atoms with van der Waals surface area (Å²) in [7, 11) is -1.30. The van der Waals surface area contributed by atoms with Gasteiger partial charge in [-0.1, -0.05) is 30.0 Å². The maximum Gasteiger partial charge on any atom is 0.235 e. The highest BCUT2D eigenvalue weighted by Crippen LogP contribution is 2.29. The predicted octanol–water partition coefficient (Wildman–Crippen LogP) is 2.98. The summed E-state index contributed by atoms with van der Waals surface area (Å²) in [5.74, 6) is 0.183. The summed E-state index contributed by atoms with van der Waals surface area (Å²) >= 11 is 1.42. The van der Waals surface area contributed by atoms with E-state index in [1.54, 1.807) is 11.9 Å². The van der Waals surface area contributed by atoms with Gasteiger partial charge in [-0.3, -0.25) is 4.79 Å². The number of pyridine rings is 1. The van der Waals surface area contributed by atoms with Gasteiger partial charge in [-0.25, -0.2) is 13.4 Å². The molecule has 140 valence electrons. The molecule has 1 fully saturated rings. The number of thioether (sulfide) groups is 1. The molecular formula is C19H24N2O3S2. The van der Waals surface area contributed by atoms with Crippen LogP contribution in [0.1, 0.15) is 24.5 Å². The number of para-hydroxylation sites is 1. The highest BCUT2D eigenvalue weighted by molar-refractivity contribution is 8.00. The van der Waals surface area contributed by atoms with Gasteiger partial charge in [-0.05, 0) is 44.4 Å². The number of carbonyl (C=O) groups is 1. The van der Waals surface area contributed by atoms with Crippen LogP contribution in [-0.4, -0.2) is 54.1 Å². The molecule has 1 aliphatic heterocycles. The Morgan fingerprint density at radius 3 is 2.69 bits per heavy atom. The normalized spacial score (nSPS) is 20.2. The Morgan fingerprint density at radius 2 is 2.04 bits per heavy atom. The summed E-state index contributed by atoms with van der Waals surface area (Å²) in [6.07, 6.45) is 0.522. The zero-order valence-electron chi connectivity index (χ0n) is 15.5. The van der Waals surface area contributed by atoms with Crippen molar-refractivity contribution in [1.29, 1.82) is 0 Å². The van der Waals surface area contributed by atoms with E-state index in [0.717, 1.165) is 27.1 Å². The van der Waals surface area contributed by atoms with Gasteiger partial charge in [0.25, 0.3) is 0 Å². The highest BCUT2D eigenvalue weighted by Gasteiger charge is 2.34. The average Bonchev–Trinajstić information content (AvgIpc) is 2.94. The van der Waals surface area contributed by atoms with Gasteiger partial charge in [0.2, 0.25) is 5.91 Å². The van der Waals surface area contributed by atoms with E-state index in [0.29, 0.717) is 6.42 Å². The van der Waals surface area contributed by atoms with Crippen LogP contribution < -0.4 is 0 Å². The fourth-order valence-corrected chi connectivity index (χ4v) is 6.16. The van der Waals surface area contributed by atoms with Gasteiger partial charge in [-0.2, -0.15) is 0 Å². The number of carbonyl (C=O) groups excluding carboxylic acids is 1. The van der Waals surface area contributed by atoms with E-state index >= 15 is 0 Å². The Bertz CT molecular complexity index is 957. The number of rotatable bonds is 4. The number of aryl methyl sites for hydroxylation is 2. The first-order valence-electron chi connectivity index (χ1n) is 8.68. The van der Waals surface area contributed by atoms with Gasteiger partial charge in [0.1, 0.15) is 0 Å². The molecule has 0 bridgehead atoms. The van der Waals surface area contributed by atoms with Gasteiger partial charge >= 0.3 is 0 Å². The third-order valence-corrected chi connectivity index (χ3v) is 7.73. The molecule has 1 aromatic heterocycles. The van der Waals surface area contributed by atoms with Crippen molar-refractivity contribution in [3.63, 3.8) is 0 Å². The van der Waals surface area contributed by atoms with Crippen LogP contribution in [0, 0.1) is 13.8 Å². The van der Waals surface area contributed by atoms with Crippen molar-refractivity contribution in [2.75, 3.05) is 18.6 Å². The van der Waals surface area contributed by atoms with Gasteiger partial charge in [-0.15, -0.1) is 0 Å². The molecule has 1 aromatic carbocycles. The zero-order valence-corrected chi connectivity index (χ0v) is 17.2. The standard InChI is InChI=1S/C19H24N2O3S2/c1-12-6-5-7-16-13(2)10-17(20-18(12)16)25-14(3)19(22)21(4)15-8-9-26(23,24)11-15/h5-7,10,14-15H,8-9,11H2,1-4H3. The second-order valence-electron chi connectivity index (χ2n) is 7.01. The molecule has 0 aliphatic carbocycles. The first kappa shape index (κ1) is 19.2. The van der Waals surface area contributed by atoms with Gasteiger partial charge in [0, 0.05) is 18.5 Å². The van der Waals surface area contributed by atoms with Gasteiger partial charge in [0.05, 0.1) is 27.3 Å². The summed E-state index contributed by atoms with van der Waals surface area (Å²) in [5.41, 5.74) is 3.21. The summed E-state index contributed by atoms with van der Waals surface area (Å²) in [5, 5.41) is 1.62. The minimum Gasteiger partial charge on any atom is -0.341 e. The fourth-order valence-electron chi connectivity index (χ4n) is 3.37. The summed E-state index contributed by atoms with van der Waals surface area (Å²) < 4.78 is 23.3. The summed E-state index contributed by atoms with van der Waals surface area (Å²) in [6.45, 7) is 5.94. The Labute approximate surface area is 159 Å². The molecule has 2 atom stereocenters. The second kappa shape index (κ2) is 7.19. The molecule has 2 heterocycles. The maximum absolute atomic E-state index is 12.7. The highest BCUT2D eigenvalue weighted by atomic mass is 32.2. The van der Waals surface area contributed by atoms with Gasteiger partial charge in [0.15, 0.2) is 9.84 Å². The second-order valence-corrected chi connectivity index (χ2v) is 10.6. The minimum absolute atomic E-state index is 0.0542. The van der Waals surface area contributed by atoms with Crippen molar-refractivity contribution in [3.05, 3.63) is 35.4 Å². The molecule has 3 rings (SSSR count). The van der Waals surface area contributed by atoms with Crippen LogP contribution in [0.2, 0.25) is 0 Å². The topological polar surface area (TPSA) is 67.3 Å². The Morgan fingerprint density at radius 1 is 1.31 bits per heavy atom. The van der Waals surface area contributed by atoms with Crippen LogP contribution in [0.5, 0.6) is 0 Å². The van der Waals surface area contributed by atoms with Crippen molar-refractivity contribution in [1.82, 2.24) is 9.88 Å². The number of amides is 1. The third-order valence-electron chi connectivity index (χ3n) is 4.97. The lowest BCUT2D eigenvalue weighted by atomic mass is 10.1. The Balaban J connectivity index is 1.77. The lowest BCUT2D eigenvalue weighted by Crippen LogP contribution is -2.41. The number of benzene rings is 1. The van der Waals surface area contributed by atoms with Crippen molar-refractivity contribution in [3.8, 4) is 0 Å². The predicted molar refractivity (Wildman–Crippen MR) is 106 cm³/mol. The minimum atomic E-state index is -3.01. The van der Waals surface area contributed by atoms with E-state index in [1.165, 1.54) is 11.8 Å². The zero-order chi connectivity index (χ0) is 19.1. The first-order valence-corrected chi connectivity index (χ1v) is 11.4. The molecule has 0 N–H and O–H groups in total. The van der Waals surface area contributed by atoms with E-state index < -0.39 is 9.84 Å². The molecule has 7 heteroatoms. The van der Waals surface area contributed by atoms with Crippen LogP contribution >= 0.6 is 11.8 Å². The number of aromatic nitrogens is 1. The van der Waals surface area contributed by atoms with E-state index in [1.807, 2.05) is 32.0 Å². The van der Waals surface area contributed by atoms with Crippen LogP contribution in [-0.2, 0) is 14.6 Å². The third kappa shape index (κ3) is 3.88. The largest absolute Gasteiger partial charge is 0.341 e. The number of hydrogen-bond acceptors (Lipinski definition) is 5. The number of sulfone groups is 1. The van der Waals surface area contributed by atoms with E-state index in [2.05, 4.69) is 13.0 Å². The van der Waals surface area contributed by atoms with Crippen LogP contribution in [0.3, 0.4) is 0 Å². The SMILES string of the molecule is Cc1cc(SC(C)C(=O)N(C)C2CCS(=O)(=O)C2)nc2c(C)cccc12. The molecule has 2 unspecified atom stereocenters. The smallest absolute Gasteiger partial charge is 0.235 e. The van der Waals surface area contributed by atoms with E-state index in [4.69, 9.17) is 4.98 Å². The molecular weight excluding hydrogens is 368 g/mol. The molecule has 5 nitrogen and oxygen atoms in total. The molecule has 0 spiro atoms. The quantitative estimate of drug-likeness (QED) is 0.749. The summed E-state index contributed by atoms with van der Waals surface area (Å²) in [4.78, 5) is 19.1. The molecule has 0 saturated carbocycles. The van der Waals surface area contributed by atoms with Crippen LogP contribution in [0.4, 0.5) is 0 Å². The van der Waals surface area contributed by atoms with Crippen molar-refractivity contribution < 1.29 is 13.2 Å². The molecule has 1 aliphatic rings. The first-order chi connectivity index (χ1) is 12.2. The summed E-state index contributed by atoms with van der Waals surface area (Å²) in [6, 6.07) is 7.91. The van der Waals surface area contributed by atoms with E-state index in [9.17, 15) is 13.2 Å². The lowest BCUT2D eigenvalue weighted by Gasteiger charge is -2.26. The number of fused-ring (bicyclic) bond motifs is 1. The van der Waals surface area contributed by atoms with Crippen LogP contribution in [0.15, 0.2) is 29.3 Å². The molecule has 0 radical (unpaired) electrons. The fraction of sp³-hybridized carbons (Fsp3) is 0.474. The van der Waals surface area contributed by atoms with Gasteiger partial charge < -0.3 is 4.90 Å². The van der Waals surface area contributed by atoms with Crippen molar-refractivity contribution in [2.45, 2.75) is 43.5 Å². The Hall–Kier alpha value is -1.60. The lowest BCUT2D eigenvalue weighted by molar-refractivity contribution is -0.130. The molecule has 2 aromatic rings. The van der Waals surface area contributed by atoms with Crippen molar-refractivity contribution >= 4 is 38.4 Å². The van der Waals surface area contributed by atoms with E-state index in [-0.39, 0.29) is 28.7 Å². The monoisotopic (exact) mass is 392 g/mol. The Kier molecular flexibility index (Phi) is 5.30. The molecule has 1 amide bonds. The maximum atomic E-state index is 12.7. The number of hydrogen-bond donors (Lipinski definition) is 0. The number of nitrogens with zero attached hydrogens (tertiary/aromatic N) is 2. The van der Waals surface area contributed by atoms with Crippen molar-refractivity contribution in [2.24, 2.45) is 0 Å². The molecule has 1 saturated heterocycles. The average molecular weight is 393 g/mol. The molecule has 26 heavy (non-hydrogen) atoms. The van der Waals surface area contributed by atoms with Crippen LogP contribution in [0.25, 0.3) is 10.9 Å².